The molecule has 1 aromatic heterocycles. The van der Waals surface area contributed by atoms with Crippen molar-refractivity contribution in [3.05, 3.63) is 59.0 Å². The lowest BCUT2D eigenvalue weighted by Crippen LogP contribution is -2.11. The molecule has 140 valence electrons. The van der Waals surface area contributed by atoms with Gasteiger partial charge in [-0.3, -0.25) is 10.1 Å². The Morgan fingerprint density at radius 2 is 1.93 bits per heavy atom. The number of methoxy groups -OCH3 is 1. The molecule has 2 aromatic carbocycles. The largest absolute Gasteiger partial charge is 0.496 e. The van der Waals surface area contributed by atoms with Crippen molar-refractivity contribution in [2.75, 3.05) is 12.4 Å². The molecule has 1 amide bonds. The van der Waals surface area contributed by atoms with E-state index in [0.29, 0.717) is 22.1 Å². The van der Waals surface area contributed by atoms with Gasteiger partial charge in [-0.15, -0.1) is 11.3 Å². The number of aromatic nitrogens is 1. The Bertz CT molecular complexity index is 942. The van der Waals surface area contributed by atoms with Crippen LogP contribution in [0, 0.1) is 6.92 Å². The van der Waals surface area contributed by atoms with Crippen LogP contribution in [0.4, 0.5) is 13.9 Å². The first-order chi connectivity index (χ1) is 13.0. The third-order valence-electron chi connectivity index (χ3n) is 3.70. The molecular weight excluding hydrogens is 374 g/mol. The zero-order valence-corrected chi connectivity index (χ0v) is 15.3. The zero-order valence-electron chi connectivity index (χ0n) is 14.5. The third-order valence-corrected chi connectivity index (χ3v) is 4.45. The van der Waals surface area contributed by atoms with Crippen LogP contribution in [0.1, 0.15) is 15.9 Å². The average Bonchev–Trinajstić information content (AvgIpc) is 3.10. The lowest BCUT2D eigenvalue weighted by Gasteiger charge is -2.07. The van der Waals surface area contributed by atoms with E-state index < -0.39 is 12.5 Å². The van der Waals surface area contributed by atoms with E-state index in [1.165, 1.54) is 35.6 Å². The van der Waals surface area contributed by atoms with Gasteiger partial charge in [-0.25, -0.2) is 4.98 Å². The molecule has 0 aliphatic heterocycles. The third kappa shape index (κ3) is 4.59. The van der Waals surface area contributed by atoms with Crippen molar-refractivity contribution < 1.29 is 23.0 Å². The summed E-state index contributed by atoms with van der Waals surface area (Å²) in [5.41, 5.74) is 2.90. The fraction of sp³-hybridized carbons (Fsp3) is 0.158. The molecule has 0 fully saturated rings. The quantitative estimate of drug-likeness (QED) is 0.645. The van der Waals surface area contributed by atoms with E-state index in [1.54, 1.807) is 7.11 Å². The predicted octanol–water partition coefficient (Wildman–Crippen LogP) is 4.98. The van der Waals surface area contributed by atoms with Crippen LogP contribution >= 0.6 is 11.3 Å². The van der Waals surface area contributed by atoms with Crippen LogP contribution in [-0.4, -0.2) is 24.6 Å². The number of benzene rings is 2. The number of ether oxygens (including phenoxy) is 2. The highest BCUT2D eigenvalue weighted by Gasteiger charge is 2.13. The molecule has 0 bridgehead atoms. The number of anilines is 1. The Balaban J connectivity index is 1.74. The molecule has 0 saturated heterocycles. The summed E-state index contributed by atoms with van der Waals surface area (Å²) in [5.74, 6) is 0.290. The zero-order chi connectivity index (χ0) is 19.4. The van der Waals surface area contributed by atoms with Gasteiger partial charge < -0.3 is 9.47 Å². The first-order valence-electron chi connectivity index (χ1n) is 7.93. The number of hydrogen-bond acceptors (Lipinski definition) is 5. The minimum atomic E-state index is -2.91. The van der Waals surface area contributed by atoms with E-state index >= 15 is 0 Å². The van der Waals surface area contributed by atoms with Gasteiger partial charge in [0.15, 0.2) is 5.13 Å². The Morgan fingerprint density at radius 1 is 1.19 bits per heavy atom. The van der Waals surface area contributed by atoms with Crippen LogP contribution in [0.25, 0.3) is 11.3 Å². The summed E-state index contributed by atoms with van der Waals surface area (Å²) in [6.07, 6.45) is 0. The molecule has 1 heterocycles. The number of hydrogen-bond donors (Lipinski definition) is 1. The van der Waals surface area contributed by atoms with Gasteiger partial charge in [0.05, 0.1) is 12.8 Å². The number of amides is 1. The fourth-order valence-electron chi connectivity index (χ4n) is 2.43. The van der Waals surface area contributed by atoms with Gasteiger partial charge in [-0.1, -0.05) is 11.6 Å². The minimum absolute atomic E-state index is 0.00960. The Kier molecular flexibility index (Phi) is 5.66. The minimum Gasteiger partial charge on any atom is -0.496 e. The summed E-state index contributed by atoms with van der Waals surface area (Å²) in [7, 11) is 1.59. The summed E-state index contributed by atoms with van der Waals surface area (Å²) in [5, 5.41) is 4.95. The fourth-order valence-corrected chi connectivity index (χ4v) is 3.14. The molecule has 0 aliphatic carbocycles. The second-order valence-corrected chi connectivity index (χ2v) is 6.46. The Labute approximate surface area is 158 Å². The molecule has 3 rings (SSSR count). The number of halogens is 2. The molecule has 8 heteroatoms. The standard InChI is InChI=1S/C19H16F2N2O3S/c1-11-3-8-16(25-2)14(9-11)15-10-27-19(22-15)23-17(24)12-4-6-13(7-5-12)26-18(20)21/h3-10,18H,1-2H3,(H,22,23,24). The van der Waals surface area contributed by atoms with E-state index in [1.807, 2.05) is 30.5 Å². The van der Waals surface area contributed by atoms with Gasteiger partial charge in [0.1, 0.15) is 11.5 Å². The van der Waals surface area contributed by atoms with Crippen LogP contribution in [0.3, 0.4) is 0 Å². The van der Waals surface area contributed by atoms with Gasteiger partial charge in [-0.05, 0) is 43.3 Å². The molecular formula is C19H16F2N2O3S. The number of aryl methyl sites for hydroxylation is 1. The van der Waals surface area contributed by atoms with E-state index in [-0.39, 0.29) is 5.75 Å². The molecule has 3 aromatic rings. The molecule has 0 atom stereocenters. The van der Waals surface area contributed by atoms with E-state index in [9.17, 15) is 13.6 Å². The summed E-state index contributed by atoms with van der Waals surface area (Å²) >= 11 is 1.28. The van der Waals surface area contributed by atoms with Crippen molar-refractivity contribution >= 4 is 22.4 Å². The number of alkyl halides is 2. The van der Waals surface area contributed by atoms with Crippen LogP contribution in [0.5, 0.6) is 11.5 Å². The lowest BCUT2D eigenvalue weighted by atomic mass is 10.1. The number of thiazole rings is 1. The van der Waals surface area contributed by atoms with Crippen molar-refractivity contribution in [1.82, 2.24) is 4.98 Å². The maximum Gasteiger partial charge on any atom is 0.387 e. The maximum absolute atomic E-state index is 12.3. The Morgan fingerprint density at radius 3 is 2.59 bits per heavy atom. The number of carbonyl (C=O) groups excluding carboxylic acids is 1. The molecule has 1 N–H and O–H groups in total. The van der Waals surface area contributed by atoms with Crippen molar-refractivity contribution in [1.29, 1.82) is 0 Å². The number of carbonyl (C=O) groups is 1. The van der Waals surface area contributed by atoms with Gasteiger partial charge >= 0.3 is 6.61 Å². The molecule has 27 heavy (non-hydrogen) atoms. The highest BCUT2D eigenvalue weighted by Crippen LogP contribution is 2.33. The summed E-state index contributed by atoms with van der Waals surface area (Å²) in [4.78, 5) is 16.7. The van der Waals surface area contributed by atoms with Crippen LogP contribution < -0.4 is 14.8 Å². The predicted molar refractivity (Wildman–Crippen MR) is 99.9 cm³/mol. The molecule has 0 spiro atoms. The molecule has 0 aliphatic rings. The van der Waals surface area contributed by atoms with Crippen molar-refractivity contribution in [2.24, 2.45) is 0 Å². The molecule has 0 radical (unpaired) electrons. The topological polar surface area (TPSA) is 60.5 Å². The number of rotatable bonds is 6. The number of nitrogens with one attached hydrogen (secondary N) is 1. The first kappa shape index (κ1) is 18.8. The van der Waals surface area contributed by atoms with Gasteiger partial charge in [0.2, 0.25) is 0 Å². The van der Waals surface area contributed by atoms with Crippen LogP contribution in [0.2, 0.25) is 0 Å². The van der Waals surface area contributed by atoms with E-state index in [0.717, 1.165) is 11.1 Å². The average molecular weight is 390 g/mol. The highest BCUT2D eigenvalue weighted by molar-refractivity contribution is 7.14. The van der Waals surface area contributed by atoms with Crippen LogP contribution in [0.15, 0.2) is 47.8 Å². The second-order valence-electron chi connectivity index (χ2n) is 5.60. The van der Waals surface area contributed by atoms with Gasteiger partial charge in [-0.2, -0.15) is 8.78 Å². The maximum atomic E-state index is 12.3. The summed E-state index contributed by atoms with van der Waals surface area (Å²) in [6, 6.07) is 11.2. The first-order valence-corrected chi connectivity index (χ1v) is 8.81. The van der Waals surface area contributed by atoms with Crippen molar-refractivity contribution in [3.63, 3.8) is 0 Å². The Hall–Kier alpha value is -3.00. The highest BCUT2D eigenvalue weighted by atomic mass is 32.1. The smallest absolute Gasteiger partial charge is 0.387 e. The monoisotopic (exact) mass is 390 g/mol. The normalized spacial score (nSPS) is 10.7. The number of nitrogens with zero attached hydrogens (tertiary/aromatic N) is 1. The molecule has 0 saturated carbocycles. The van der Waals surface area contributed by atoms with Gasteiger partial charge in [0.25, 0.3) is 5.91 Å². The SMILES string of the molecule is COc1ccc(C)cc1-c1csc(NC(=O)c2ccc(OC(F)F)cc2)n1. The van der Waals surface area contributed by atoms with Crippen LogP contribution in [-0.2, 0) is 0 Å². The van der Waals surface area contributed by atoms with E-state index in [2.05, 4.69) is 15.0 Å². The summed E-state index contributed by atoms with van der Waals surface area (Å²) < 4.78 is 34.0. The van der Waals surface area contributed by atoms with E-state index in [4.69, 9.17) is 4.74 Å². The molecule has 0 unspecified atom stereocenters. The van der Waals surface area contributed by atoms with Crippen molar-refractivity contribution in [3.8, 4) is 22.8 Å². The second kappa shape index (κ2) is 8.13. The molecule has 5 nitrogen and oxygen atoms in total. The summed E-state index contributed by atoms with van der Waals surface area (Å²) in [6.45, 7) is -0.934. The van der Waals surface area contributed by atoms with Crippen molar-refractivity contribution in [2.45, 2.75) is 13.5 Å². The van der Waals surface area contributed by atoms with Gasteiger partial charge in [0, 0.05) is 16.5 Å². The lowest BCUT2D eigenvalue weighted by molar-refractivity contribution is -0.0498.